The lowest BCUT2D eigenvalue weighted by Gasteiger charge is -2.32. The monoisotopic (exact) mass is 563 g/mol. The Bertz CT molecular complexity index is 1100. The van der Waals surface area contributed by atoms with Crippen LogP contribution in [0.5, 0.6) is 0 Å². The average Bonchev–Trinajstić information content (AvgIpc) is 3.49. The van der Waals surface area contributed by atoms with Gasteiger partial charge < -0.3 is 20.9 Å². The molecule has 2 amide bonds. The van der Waals surface area contributed by atoms with Gasteiger partial charge in [-0.25, -0.2) is 4.79 Å². The van der Waals surface area contributed by atoms with E-state index < -0.39 is 10.1 Å². The first-order valence-electron chi connectivity index (χ1n) is 11.4. The van der Waals surface area contributed by atoms with Crippen LogP contribution in [0.1, 0.15) is 37.1 Å². The molecule has 0 unspecified atom stereocenters. The second-order valence-electron chi connectivity index (χ2n) is 8.74. The van der Waals surface area contributed by atoms with Crippen molar-refractivity contribution in [2.75, 3.05) is 31.5 Å². The van der Waals surface area contributed by atoms with Gasteiger partial charge in [-0.3, -0.25) is 9.54 Å². The third-order valence-electron chi connectivity index (χ3n) is 5.59. The predicted molar refractivity (Wildman–Crippen MR) is 141 cm³/mol. The van der Waals surface area contributed by atoms with E-state index in [4.69, 9.17) is 27.8 Å². The van der Waals surface area contributed by atoms with Crippen molar-refractivity contribution < 1.29 is 17.8 Å². The summed E-state index contributed by atoms with van der Waals surface area (Å²) in [6, 6.07) is 6.21. The fraction of sp³-hybridized carbons (Fsp3) is 0.545. The van der Waals surface area contributed by atoms with Gasteiger partial charge in [0.15, 0.2) is 0 Å². The van der Waals surface area contributed by atoms with Crippen LogP contribution in [0, 0.1) is 13.8 Å². The van der Waals surface area contributed by atoms with E-state index in [1.807, 2.05) is 26.0 Å². The highest BCUT2D eigenvalue weighted by molar-refractivity contribution is 7.86. The first kappa shape index (κ1) is 28.1. The number of piperidine rings is 1. The second kappa shape index (κ2) is 12.7. The van der Waals surface area contributed by atoms with Crippen LogP contribution in [0.3, 0.4) is 0 Å². The summed E-state index contributed by atoms with van der Waals surface area (Å²) in [5.74, 6) is 0. The van der Waals surface area contributed by atoms with Gasteiger partial charge in [-0.15, -0.1) is 11.3 Å². The quantitative estimate of drug-likeness (QED) is 0.369. The highest BCUT2D eigenvalue weighted by Crippen LogP contribution is 2.33. The number of pyridine rings is 1. The number of nitrogens with one attached hydrogen (secondary N) is 3. The number of anilines is 1. The maximum Gasteiger partial charge on any atom is 0.319 e. The van der Waals surface area contributed by atoms with Crippen molar-refractivity contribution in [3.05, 3.63) is 38.3 Å². The van der Waals surface area contributed by atoms with Crippen LogP contribution >= 0.6 is 34.5 Å². The van der Waals surface area contributed by atoms with Gasteiger partial charge in [0.2, 0.25) is 0 Å². The molecule has 1 aliphatic carbocycles. The number of rotatable bonds is 7. The number of amides is 2. The van der Waals surface area contributed by atoms with Crippen LogP contribution in [0.25, 0.3) is 0 Å². The first-order chi connectivity index (χ1) is 16.5. The van der Waals surface area contributed by atoms with Crippen LogP contribution in [0.15, 0.2) is 23.1 Å². The number of urea groups is 1. The summed E-state index contributed by atoms with van der Waals surface area (Å²) in [5, 5.41) is 9.53. The van der Waals surface area contributed by atoms with E-state index in [2.05, 4.69) is 25.8 Å². The molecule has 194 valence electrons. The van der Waals surface area contributed by atoms with E-state index in [1.165, 1.54) is 25.7 Å². The van der Waals surface area contributed by atoms with Crippen LogP contribution < -0.4 is 16.0 Å². The number of aryl methyl sites for hydroxylation is 2. The molecule has 0 bridgehead atoms. The van der Waals surface area contributed by atoms with E-state index >= 15 is 0 Å². The van der Waals surface area contributed by atoms with Crippen LogP contribution in [-0.2, 0) is 10.1 Å². The summed E-state index contributed by atoms with van der Waals surface area (Å²) in [7, 11) is -4.22. The Morgan fingerprint density at radius 1 is 1.11 bits per heavy atom. The van der Waals surface area contributed by atoms with E-state index in [1.54, 1.807) is 0 Å². The number of hydrogen-bond acceptors (Lipinski definition) is 7. The zero-order chi connectivity index (χ0) is 25.6. The standard InChI is InChI=1S/C18H29N5O.C4H2Cl2O3S2/c1-13-11-17(12-14(2)20-13)22-18(24)19-7-10-23-8-5-16(6-9-23)21-15-3-4-15;5-3-1-2(4(6)10-3)11(7,8)9/h11-12,15-16,21H,3-10H2,1-2H3,(H2,19,20,22,24);1H,(H,7,8,9). The molecule has 2 aromatic rings. The molecule has 0 atom stereocenters. The van der Waals surface area contributed by atoms with Crippen molar-refractivity contribution in [1.82, 2.24) is 20.5 Å². The van der Waals surface area contributed by atoms with Crippen molar-refractivity contribution in [2.24, 2.45) is 0 Å². The van der Waals surface area contributed by atoms with Crippen molar-refractivity contribution in [1.29, 1.82) is 0 Å². The van der Waals surface area contributed by atoms with Crippen molar-refractivity contribution in [2.45, 2.75) is 56.5 Å². The molecule has 0 aromatic carbocycles. The van der Waals surface area contributed by atoms with Gasteiger partial charge in [-0.2, -0.15) is 8.42 Å². The van der Waals surface area contributed by atoms with Crippen LogP contribution in [0.4, 0.5) is 10.5 Å². The smallest absolute Gasteiger partial charge is 0.319 e. The SMILES string of the molecule is Cc1cc(NC(=O)NCCN2CCC(NC3CC3)CC2)cc(C)n1.O=S(=O)(O)c1cc(Cl)sc1Cl. The molecule has 2 aromatic heterocycles. The maximum absolute atomic E-state index is 12.0. The van der Waals surface area contributed by atoms with Crippen molar-refractivity contribution >= 4 is 56.4 Å². The summed E-state index contributed by atoms with van der Waals surface area (Å²) in [6.07, 6.45) is 5.15. The van der Waals surface area contributed by atoms with Crippen LogP contribution in [-0.4, -0.2) is 67.1 Å². The van der Waals surface area contributed by atoms with Crippen LogP contribution in [0.2, 0.25) is 8.67 Å². The zero-order valence-electron chi connectivity index (χ0n) is 19.7. The molecule has 1 saturated heterocycles. The number of carbonyl (C=O) groups excluding carboxylic acids is 1. The van der Waals surface area contributed by atoms with E-state index in [9.17, 15) is 13.2 Å². The second-order valence-corrected chi connectivity index (χ2v) is 12.4. The summed E-state index contributed by atoms with van der Waals surface area (Å²) in [6.45, 7) is 7.69. The van der Waals surface area contributed by atoms with Gasteiger partial charge in [0.05, 0.1) is 4.34 Å². The Morgan fingerprint density at radius 3 is 2.20 bits per heavy atom. The maximum atomic E-state index is 12.0. The summed E-state index contributed by atoms with van der Waals surface area (Å²) < 4.78 is 29.7. The topological polar surface area (TPSA) is 124 Å². The number of nitrogens with zero attached hydrogens (tertiary/aromatic N) is 2. The molecule has 1 saturated carbocycles. The Balaban J connectivity index is 0.000000261. The molecule has 0 radical (unpaired) electrons. The lowest BCUT2D eigenvalue weighted by Crippen LogP contribution is -2.45. The Kier molecular flexibility index (Phi) is 10.2. The fourth-order valence-electron chi connectivity index (χ4n) is 3.82. The molecule has 4 N–H and O–H groups in total. The molecule has 0 spiro atoms. The number of carbonyl (C=O) groups is 1. The van der Waals surface area contributed by atoms with Gasteiger partial charge in [0.1, 0.15) is 9.23 Å². The van der Waals surface area contributed by atoms with Gasteiger partial charge in [0, 0.05) is 42.2 Å². The number of halogens is 2. The van der Waals surface area contributed by atoms with Crippen molar-refractivity contribution in [3.63, 3.8) is 0 Å². The molecule has 2 fully saturated rings. The number of hydrogen-bond donors (Lipinski definition) is 4. The van der Waals surface area contributed by atoms with Gasteiger partial charge in [0.25, 0.3) is 10.1 Å². The molecule has 13 heteroatoms. The predicted octanol–water partition coefficient (Wildman–Crippen LogP) is 4.34. The lowest BCUT2D eigenvalue weighted by molar-refractivity contribution is 0.197. The molecule has 1 aliphatic heterocycles. The molecule has 35 heavy (non-hydrogen) atoms. The molecule has 3 heterocycles. The molecule has 9 nitrogen and oxygen atoms in total. The minimum absolute atomic E-state index is 0.0301. The normalized spacial score (nSPS) is 16.9. The fourth-order valence-corrected chi connectivity index (χ4v) is 6.43. The van der Waals surface area contributed by atoms with E-state index in [0.717, 1.165) is 60.2 Å². The minimum atomic E-state index is -4.22. The average molecular weight is 565 g/mol. The summed E-state index contributed by atoms with van der Waals surface area (Å²) >= 11 is 11.7. The zero-order valence-corrected chi connectivity index (χ0v) is 22.8. The first-order valence-corrected chi connectivity index (χ1v) is 14.4. The number of aromatic nitrogens is 1. The Hall–Kier alpha value is -1.47. The largest absolute Gasteiger partial charge is 0.337 e. The van der Waals surface area contributed by atoms with E-state index in [0.29, 0.717) is 12.6 Å². The minimum Gasteiger partial charge on any atom is -0.337 e. The van der Waals surface area contributed by atoms with Gasteiger partial charge in [-0.05, 0) is 70.8 Å². The molecule has 4 rings (SSSR count). The van der Waals surface area contributed by atoms with E-state index in [-0.39, 0.29) is 19.6 Å². The van der Waals surface area contributed by atoms with Crippen molar-refractivity contribution in [3.8, 4) is 0 Å². The number of likely N-dealkylation sites (tertiary alicyclic amines) is 1. The number of thiophene rings is 1. The molecule has 2 aliphatic rings. The highest BCUT2D eigenvalue weighted by Gasteiger charge is 2.26. The lowest BCUT2D eigenvalue weighted by atomic mass is 10.1. The third kappa shape index (κ3) is 9.83. The van der Waals surface area contributed by atoms with Gasteiger partial charge in [-0.1, -0.05) is 23.2 Å². The highest BCUT2D eigenvalue weighted by atomic mass is 35.5. The molecular formula is C22H31Cl2N5O4S2. The summed E-state index contributed by atoms with van der Waals surface area (Å²) in [4.78, 5) is 18.4. The third-order valence-corrected chi connectivity index (χ3v) is 8.20. The Labute approximate surface area is 220 Å². The summed E-state index contributed by atoms with van der Waals surface area (Å²) in [5.41, 5.74) is 2.62. The van der Waals surface area contributed by atoms with Gasteiger partial charge >= 0.3 is 6.03 Å². The Morgan fingerprint density at radius 2 is 1.71 bits per heavy atom. The molecular weight excluding hydrogens is 533 g/mol.